The molecule has 66 valence electrons. The maximum absolute atomic E-state index is 11.9. The Hall–Kier alpha value is -0.410. The summed E-state index contributed by atoms with van der Waals surface area (Å²) in [6.45, 7) is 3.33. The van der Waals surface area contributed by atoms with Crippen molar-refractivity contribution in [3.8, 4) is 0 Å². The molecular weight excluding hydrogens is 143 g/mol. The Morgan fingerprint density at radius 1 is 1.55 bits per heavy atom. The molecule has 0 aliphatic heterocycles. The first-order valence-electron chi connectivity index (χ1n) is 3.80. The molecule has 11 heavy (non-hydrogen) atoms. The van der Waals surface area contributed by atoms with Gasteiger partial charge in [0.05, 0.1) is 6.04 Å². The van der Waals surface area contributed by atoms with Crippen molar-refractivity contribution in [1.82, 2.24) is 0 Å². The zero-order chi connectivity index (χ0) is 8.85. The Morgan fingerprint density at radius 2 is 2.09 bits per heavy atom. The Balaban J connectivity index is 3.79. The number of hydrogen-bond donors (Lipinski definition) is 2. The molecule has 0 aromatic heterocycles. The fourth-order valence-electron chi connectivity index (χ4n) is 0.986. The predicted octanol–water partition coefficient (Wildman–Crippen LogP) is 0.967. The molecule has 4 N–H and O–H groups in total. The molecule has 2 atom stereocenters. The van der Waals surface area contributed by atoms with Crippen LogP contribution in [0, 0.1) is 0 Å². The van der Waals surface area contributed by atoms with Gasteiger partial charge in [0.1, 0.15) is 6.67 Å². The molecule has 0 aromatic carbocycles. The van der Waals surface area contributed by atoms with Crippen molar-refractivity contribution in [2.75, 3.05) is 6.67 Å². The molecule has 0 aliphatic rings. The molecule has 0 aromatic rings. The molecular formula is C8H17FN2. The molecule has 0 saturated carbocycles. The Kier molecular flexibility index (Phi) is 5.07. The first kappa shape index (κ1) is 10.6. The van der Waals surface area contributed by atoms with Crippen LogP contribution >= 0.6 is 0 Å². The molecule has 0 fully saturated rings. The van der Waals surface area contributed by atoms with Crippen molar-refractivity contribution in [3.63, 3.8) is 0 Å². The summed E-state index contributed by atoms with van der Waals surface area (Å²) in [5, 5.41) is 0. The third-order valence-electron chi connectivity index (χ3n) is 1.32. The normalized spacial score (nSPS) is 18.1. The highest BCUT2D eigenvalue weighted by Crippen LogP contribution is 2.03. The van der Waals surface area contributed by atoms with E-state index in [1.54, 1.807) is 6.08 Å². The lowest BCUT2D eigenvalue weighted by molar-refractivity contribution is 0.463. The van der Waals surface area contributed by atoms with Crippen LogP contribution in [-0.2, 0) is 0 Å². The van der Waals surface area contributed by atoms with Gasteiger partial charge < -0.3 is 11.5 Å². The maximum Gasteiger partial charge on any atom is 0.108 e. The van der Waals surface area contributed by atoms with Gasteiger partial charge in [0.2, 0.25) is 0 Å². The Morgan fingerprint density at radius 3 is 2.45 bits per heavy atom. The molecule has 0 radical (unpaired) electrons. The smallest absolute Gasteiger partial charge is 0.108 e. The first-order chi connectivity index (χ1) is 5.06. The molecule has 3 heteroatoms. The lowest BCUT2D eigenvalue weighted by atomic mass is 10.1. The SMILES string of the molecule is C/C(=C\C(N)CF)CC(C)N. The molecule has 0 rings (SSSR count). The molecule has 0 amide bonds. The number of halogens is 1. The van der Waals surface area contributed by atoms with Gasteiger partial charge in [-0.05, 0) is 20.3 Å². The second kappa shape index (κ2) is 5.27. The van der Waals surface area contributed by atoms with Gasteiger partial charge in [-0.15, -0.1) is 0 Å². The monoisotopic (exact) mass is 160 g/mol. The third-order valence-corrected chi connectivity index (χ3v) is 1.32. The summed E-state index contributed by atoms with van der Waals surface area (Å²) in [6, 6.07) is -0.341. The summed E-state index contributed by atoms with van der Waals surface area (Å²) in [7, 11) is 0. The molecule has 0 aliphatic carbocycles. The minimum absolute atomic E-state index is 0.123. The summed E-state index contributed by atoms with van der Waals surface area (Å²) in [4.78, 5) is 0. The van der Waals surface area contributed by atoms with E-state index < -0.39 is 12.7 Å². The van der Waals surface area contributed by atoms with E-state index in [9.17, 15) is 4.39 Å². The van der Waals surface area contributed by atoms with E-state index in [2.05, 4.69) is 0 Å². The summed E-state index contributed by atoms with van der Waals surface area (Å²) in [6.07, 6.45) is 2.51. The average molecular weight is 160 g/mol. The Labute approximate surface area is 67.4 Å². The first-order valence-corrected chi connectivity index (χ1v) is 3.80. The quantitative estimate of drug-likeness (QED) is 0.602. The van der Waals surface area contributed by atoms with Crippen molar-refractivity contribution in [3.05, 3.63) is 11.6 Å². The van der Waals surface area contributed by atoms with E-state index in [4.69, 9.17) is 11.5 Å². The van der Waals surface area contributed by atoms with Crippen molar-refractivity contribution < 1.29 is 4.39 Å². The van der Waals surface area contributed by atoms with E-state index in [0.717, 1.165) is 12.0 Å². The lowest BCUT2D eigenvalue weighted by Gasteiger charge is -2.06. The fourth-order valence-corrected chi connectivity index (χ4v) is 0.986. The van der Waals surface area contributed by atoms with Crippen LogP contribution in [0.5, 0.6) is 0 Å². The van der Waals surface area contributed by atoms with Gasteiger partial charge in [-0.1, -0.05) is 11.6 Å². The molecule has 0 saturated heterocycles. The van der Waals surface area contributed by atoms with Gasteiger partial charge in [0.25, 0.3) is 0 Å². The van der Waals surface area contributed by atoms with Gasteiger partial charge in [-0.3, -0.25) is 0 Å². The third kappa shape index (κ3) is 6.01. The minimum Gasteiger partial charge on any atom is -0.328 e. The van der Waals surface area contributed by atoms with E-state index in [-0.39, 0.29) is 6.04 Å². The maximum atomic E-state index is 11.9. The second-order valence-corrected chi connectivity index (χ2v) is 3.01. The summed E-state index contributed by atoms with van der Waals surface area (Å²) in [5.74, 6) is 0. The van der Waals surface area contributed by atoms with Crippen molar-refractivity contribution in [1.29, 1.82) is 0 Å². The fraction of sp³-hybridized carbons (Fsp3) is 0.750. The van der Waals surface area contributed by atoms with Crippen molar-refractivity contribution in [2.24, 2.45) is 11.5 Å². The summed E-state index contributed by atoms with van der Waals surface area (Å²) < 4.78 is 11.9. The lowest BCUT2D eigenvalue weighted by Crippen LogP contribution is -2.21. The zero-order valence-electron chi connectivity index (χ0n) is 7.18. The highest BCUT2D eigenvalue weighted by atomic mass is 19.1. The number of nitrogens with two attached hydrogens (primary N) is 2. The molecule has 0 heterocycles. The van der Waals surface area contributed by atoms with E-state index in [0.29, 0.717) is 0 Å². The molecule has 2 nitrogen and oxygen atoms in total. The van der Waals surface area contributed by atoms with Crippen LogP contribution in [0.3, 0.4) is 0 Å². The molecule has 2 unspecified atom stereocenters. The number of rotatable bonds is 4. The van der Waals surface area contributed by atoms with Gasteiger partial charge in [-0.2, -0.15) is 0 Å². The van der Waals surface area contributed by atoms with Crippen LogP contribution in [0.2, 0.25) is 0 Å². The van der Waals surface area contributed by atoms with Crippen LogP contribution in [0.15, 0.2) is 11.6 Å². The molecule has 0 bridgehead atoms. The highest BCUT2D eigenvalue weighted by Gasteiger charge is 1.99. The van der Waals surface area contributed by atoms with Crippen LogP contribution in [0.1, 0.15) is 20.3 Å². The van der Waals surface area contributed by atoms with Gasteiger partial charge in [0.15, 0.2) is 0 Å². The summed E-state index contributed by atoms with van der Waals surface area (Å²) in [5.41, 5.74) is 12.0. The number of alkyl halides is 1. The van der Waals surface area contributed by atoms with Gasteiger partial charge in [0, 0.05) is 6.04 Å². The van der Waals surface area contributed by atoms with Crippen molar-refractivity contribution >= 4 is 0 Å². The second-order valence-electron chi connectivity index (χ2n) is 3.01. The standard InChI is InChI=1S/C8H17FN2/c1-6(3-7(2)10)4-8(11)5-9/h4,7-8H,3,5,10-11H2,1-2H3/b6-4+. The van der Waals surface area contributed by atoms with E-state index >= 15 is 0 Å². The van der Waals surface area contributed by atoms with Gasteiger partial charge >= 0.3 is 0 Å². The zero-order valence-corrected chi connectivity index (χ0v) is 7.18. The van der Waals surface area contributed by atoms with Crippen molar-refractivity contribution in [2.45, 2.75) is 32.4 Å². The highest BCUT2D eigenvalue weighted by molar-refractivity contribution is 5.04. The predicted molar refractivity (Wildman–Crippen MR) is 46.0 cm³/mol. The minimum atomic E-state index is -0.504. The van der Waals surface area contributed by atoms with Crippen LogP contribution in [0.4, 0.5) is 4.39 Å². The van der Waals surface area contributed by atoms with E-state index in [1.807, 2.05) is 13.8 Å². The van der Waals surface area contributed by atoms with Crippen LogP contribution < -0.4 is 11.5 Å². The Bertz CT molecular complexity index is 132. The molecule has 0 spiro atoms. The number of hydrogen-bond acceptors (Lipinski definition) is 2. The van der Waals surface area contributed by atoms with Crippen LogP contribution in [0.25, 0.3) is 0 Å². The van der Waals surface area contributed by atoms with Gasteiger partial charge in [-0.25, -0.2) is 4.39 Å². The summed E-state index contributed by atoms with van der Waals surface area (Å²) >= 11 is 0. The van der Waals surface area contributed by atoms with Crippen LogP contribution in [-0.4, -0.2) is 18.8 Å². The topological polar surface area (TPSA) is 52.0 Å². The van der Waals surface area contributed by atoms with E-state index in [1.165, 1.54) is 0 Å². The average Bonchev–Trinajstić information content (AvgIpc) is 1.85. The largest absolute Gasteiger partial charge is 0.328 e.